The highest BCUT2D eigenvalue weighted by Crippen LogP contribution is 2.40. The molecule has 0 bridgehead atoms. The number of hydrogen-bond donors (Lipinski definition) is 0. The van der Waals surface area contributed by atoms with Gasteiger partial charge in [-0.3, -0.25) is 4.79 Å². The molecule has 5 nitrogen and oxygen atoms in total. The molecule has 1 aliphatic rings. The van der Waals surface area contributed by atoms with Crippen LogP contribution in [0.1, 0.15) is 6.92 Å². The van der Waals surface area contributed by atoms with Crippen LogP contribution < -0.4 is 9.64 Å². The maximum absolute atomic E-state index is 11.6. The highest BCUT2D eigenvalue weighted by molar-refractivity contribution is 6.00. The maximum atomic E-state index is 11.6. The Morgan fingerprint density at radius 3 is 2.94 bits per heavy atom. The van der Waals surface area contributed by atoms with Crippen molar-refractivity contribution in [2.45, 2.75) is 13.0 Å². The minimum atomic E-state index is -0.569. The number of carbonyl (C=O) groups excluding carboxylic acids is 2. The van der Waals surface area contributed by atoms with Crippen molar-refractivity contribution in [1.82, 2.24) is 0 Å². The van der Waals surface area contributed by atoms with E-state index in [4.69, 9.17) is 4.74 Å². The van der Waals surface area contributed by atoms with E-state index in [0.717, 1.165) is 0 Å². The van der Waals surface area contributed by atoms with Gasteiger partial charge in [0.15, 0.2) is 11.9 Å². The van der Waals surface area contributed by atoms with Crippen LogP contribution in [0.15, 0.2) is 23.2 Å². The number of rotatable bonds is 1. The highest BCUT2D eigenvalue weighted by atomic mass is 16.5. The van der Waals surface area contributed by atoms with Gasteiger partial charge < -0.3 is 9.64 Å². The second kappa shape index (κ2) is 3.79. The third-order valence-electron chi connectivity index (χ3n) is 2.47. The summed E-state index contributed by atoms with van der Waals surface area (Å²) in [5, 5.41) is 0. The van der Waals surface area contributed by atoms with Gasteiger partial charge >= 0.3 is 0 Å². The second-order valence-electron chi connectivity index (χ2n) is 3.49. The van der Waals surface area contributed by atoms with Crippen LogP contribution in [0.25, 0.3) is 0 Å². The zero-order chi connectivity index (χ0) is 11.7. The van der Waals surface area contributed by atoms with E-state index in [1.807, 2.05) is 0 Å². The zero-order valence-electron chi connectivity index (χ0n) is 8.93. The maximum Gasteiger partial charge on any atom is 0.267 e. The summed E-state index contributed by atoms with van der Waals surface area (Å²) >= 11 is 0. The summed E-state index contributed by atoms with van der Waals surface area (Å²) < 4.78 is 5.43. The minimum absolute atomic E-state index is 0.125. The lowest BCUT2D eigenvalue weighted by Crippen LogP contribution is -2.41. The van der Waals surface area contributed by atoms with Crippen molar-refractivity contribution in [3.63, 3.8) is 0 Å². The van der Waals surface area contributed by atoms with E-state index < -0.39 is 6.10 Å². The third kappa shape index (κ3) is 1.47. The van der Waals surface area contributed by atoms with E-state index in [-0.39, 0.29) is 5.91 Å². The monoisotopic (exact) mass is 218 g/mol. The minimum Gasteiger partial charge on any atom is -0.476 e. The van der Waals surface area contributed by atoms with Crippen LogP contribution in [0.3, 0.4) is 0 Å². The summed E-state index contributed by atoms with van der Waals surface area (Å²) in [6, 6.07) is 5.08. The Hall–Kier alpha value is -2.13. The molecule has 1 heterocycles. The van der Waals surface area contributed by atoms with Crippen molar-refractivity contribution in [1.29, 1.82) is 0 Å². The largest absolute Gasteiger partial charge is 0.476 e. The van der Waals surface area contributed by atoms with E-state index in [2.05, 4.69) is 4.99 Å². The summed E-state index contributed by atoms with van der Waals surface area (Å²) in [6.45, 7) is 1.66. The van der Waals surface area contributed by atoms with Gasteiger partial charge in [-0.1, -0.05) is 6.07 Å². The first-order valence-electron chi connectivity index (χ1n) is 4.80. The molecule has 1 aliphatic heterocycles. The number of isocyanates is 1. The molecule has 1 atom stereocenters. The van der Waals surface area contributed by atoms with Crippen molar-refractivity contribution in [3.8, 4) is 5.75 Å². The van der Waals surface area contributed by atoms with Crippen LogP contribution in [-0.4, -0.2) is 25.1 Å². The molecule has 0 fully saturated rings. The Kier molecular flexibility index (Phi) is 2.46. The van der Waals surface area contributed by atoms with E-state index in [1.165, 1.54) is 11.0 Å². The van der Waals surface area contributed by atoms with Gasteiger partial charge in [-0.2, -0.15) is 4.99 Å². The molecule has 0 aromatic heterocycles. The molecule has 82 valence electrons. The number of benzene rings is 1. The predicted octanol–water partition coefficient (Wildman–Crippen LogP) is 1.40. The molecule has 1 amide bonds. The molecule has 0 aliphatic carbocycles. The molecule has 0 N–H and O–H groups in total. The van der Waals surface area contributed by atoms with Crippen LogP contribution in [0.2, 0.25) is 0 Å². The number of ether oxygens (including phenoxy) is 1. The Morgan fingerprint density at radius 1 is 1.50 bits per heavy atom. The van der Waals surface area contributed by atoms with Gasteiger partial charge in [0, 0.05) is 7.05 Å². The summed E-state index contributed by atoms with van der Waals surface area (Å²) in [7, 11) is 1.66. The van der Waals surface area contributed by atoms with Crippen LogP contribution >= 0.6 is 0 Å². The standard InChI is InChI=1S/C11H10N2O3/c1-7-11(15)13(2)9-5-3-4-8(12-6-14)10(9)16-7/h3-5,7H,1-2H3. The predicted molar refractivity (Wildman–Crippen MR) is 57.7 cm³/mol. The van der Waals surface area contributed by atoms with Gasteiger partial charge in [0.1, 0.15) is 5.69 Å². The molecule has 0 radical (unpaired) electrons. The van der Waals surface area contributed by atoms with Crippen molar-refractivity contribution in [2.75, 3.05) is 11.9 Å². The lowest BCUT2D eigenvalue weighted by Gasteiger charge is -2.30. The summed E-state index contributed by atoms with van der Waals surface area (Å²) in [4.78, 5) is 26.9. The summed E-state index contributed by atoms with van der Waals surface area (Å²) in [5.74, 6) is 0.320. The third-order valence-corrected chi connectivity index (χ3v) is 2.47. The number of aliphatic imine (C=N–C) groups is 1. The number of carbonyl (C=O) groups is 1. The number of likely N-dealkylation sites (N-methyl/N-ethyl adjacent to an activating group) is 1. The fraction of sp³-hybridized carbons (Fsp3) is 0.273. The molecule has 0 saturated heterocycles. The van der Waals surface area contributed by atoms with E-state index in [1.54, 1.807) is 32.2 Å². The van der Waals surface area contributed by atoms with Crippen LogP contribution in [0.4, 0.5) is 11.4 Å². The second-order valence-corrected chi connectivity index (χ2v) is 3.49. The Balaban J connectivity index is 2.59. The first-order valence-corrected chi connectivity index (χ1v) is 4.80. The van der Waals surface area contributed by atoms with Crippen LogP contribution in [0, 0.1) is 0 Å². The topological polar surface area (TPSA) is 59.0 Å². The number of amides is 1. The average molecular weight is 218 g/mol. The molecular weight excluding hydrogens is 208 g/mol. The number of fused-ring (bicyclic) bond motifs is 1. The highest BCUT2D eigenvalue weighted by Gasteiger charge is 2.30. The number of anilines is 1. The summed E-state index contributed by atoms with van der Waals surface area (Å²) in [5.41, 5.74) is 0.998. The van der Waals surface area contributed by atoms with Gasteiger partial charge in [0.25, 0.3) is 5.91 Å². The average Bonchev–Trinajstić information content (AvgIpc) is 2.28. The molecule has 0 spiro atoms. The lowest BCUT2D eigenvalue weighted by molar-refractivity contribution is -0.125. The molecule has 16 heavy (non-hydrogen) atoms. The lowest BCUT2D eigenvalue weighted by atomic mass is 10.2. The molecule has 0 saturated carbocycles. The van der Waals surface area contributed by atoms with Gasteiger partial charge in [-0.05, 0) is 19.1 Å². The molecule has 1 aromatic carbocycles. The Bertz CT molecular complexity index is 492. The van der Waals surface area contributed by atoms with Crippen LogP contribution in [0.5, 0.6) is 5.75 Å². The first-order chi connectivity index (χ1) is 7.65. The van der Waals surface area contributed by atoms with Gasteiger partial charge in [-0.25, -0.2) is 4.79 Å². The molecule has 1 unspecified atom stereocenters. The number of para-hydroxylation sites is 1. The van der Waals surface area contributed by atoms with E-state index in [0.29, 0.717) is 17.1 Å². The van der Waals surface area contributed by atoms with Gasteiger partial charge in [0.05, 0.1) is 5.69 Å². The number of nitrogens with zero attached hydrogens (tertiary/aromatic N) is 2. The quantitative estimate of drug-likeness (QED) is 0.528. The first kappa shape index (κ1) is 10.4. The van der Waals surface area contributed by atoms with Gasteiger partial charge in [0.2, 0.25) is 6.08 Å². The van der Waals surface area contributed by atoms with E-state index in [9.17, 15) is 9.59 Å². The molecule has 2 rings (SSSR count). The fourth-order valence-electron chi connectivity index (χ4n) is 1.65. The Morgan fingerprint density at radius 2 is 2.25 bits per heavy atom. The molecular formula is C11H10N2O3. The van der Waals surface area contributed by atoms with Crippen molar-refractivity contribution in [2.24, 2.45) is 4.99 Å². The molecule has 5 heteroatoms. The van der Waals surface area contributed by atoms with Crippen LogP contribution in [-0.2, 0) is 9.59 Å². The molecule has 1 aromatic rings. The number of hydrogen-bond acceptors (Lipinski definition) is 4. The Labute approximate surface area is 92.3 Å². The van der Waals surface area contributed by atoms with Crippen molar-refractivity contribution >= 4 is 23.4 Å². The smallest absolute Gasteiger partial charge is 0.267 e. The van der Waals surface area contributed by atoms with Crippen molar-refractivity contribution < 1.29 is 14.3 Å². The normalized spacial score (nSPS) is 18.5. The fourth-order valence-corrected chi connectivity index (χ4v) is 1.65. The zero-order valence-corrected chi connectivity index (χ0v) is 8.93. The SMILES string of the molecule is CC1Oc2c(N=C=O)cccc2N(C)C1=O. The van der Waals surface area contributed by atoms with Gasteiger partial charge in [-0.15, -0.1) is 0 Å². The summed E-state index contributed by atoms with van der Waals surface area (Å²) in [6.07, 6.45) is 0.898. The van der Waals surface area contributed by atoms with Crippen molar-refractivity contribution in [3.05, 3.63) is 18.2 Å². The van der Waals surface area contributed by atoms with E-state index >= 15 is 0 Å².